The van der Waals surface area contributed by atoms with Gasteiger partial charge in [-0.2, -0.15) is 0 Å². The summed E-state index contributed by atoms with van der Waals surface area (Å²) in [6.45, 7) is 0. The van der Waals surface area contributed by atoms with E-state index in [0.717, 1.165) is 31.2 Å². The Morgan fingerprint density at radius 1 is 1.35 bits per heavy atom. The van der Waals surface area contributed by atoms with Crippen molar-refractivity contribution in [2.75, 3.05) is 0 Å². The van der Waals surface area contributed by atoms with E-state index in [9.17, 15) is 4.79 Å². The fourth-order valence-corrected chi connectivity index (χ4v) is 3.01. The van der Waals surface area contributed by atoms with E-state index in [1.54, 1.807) is 18.6 Å². The maximum absolute atomic E-state index is 11.1. The number of aliphatic carboxylic acids is 1. The summed E-state index contributed by atoms with van der Waals surface area (Å²) in [5.41, 5.74) is 0.508. The minimum Gasteiger partial charge on any atom is -0.481 e. The van der Waals surface area contributed by atoms with Crippen LogP contribution in [0.15, 0.2) is 27.4 Å². The van der Waals surface area contributed by atoms with Crippen LogP contribution in [0, 0.1) is 5.41 Å². The number of hydrogen-bond donors (Lipinski definition) is 1. The Balaban J connectivity index is 1.77. The second kappa shape index (κ2) is 5.11. The van der Waals surface area contributed by atoms with Crippen molar-refractivity contribution in [1.82, 2.24) is 10.2 Å². The molecule has 1 N–H and O–H groups in total. The third-order valence-electron chi connectivity index (χ3n) is 3.95. The van der Waals surface area contributed by atoms with E-state index in [4.69, 9.17) is 13.9 Å². The Kier molecular flexibility index (Phi) is 3.30. The predicted octanol–water partition coefficient (Wildman–Crippen LogP) is 2.91. The summed E-state index contributed by atoms with van der Waals surface area (Å²) in [6.07, 6.45) is 7.72. The van der Waals surface area contributed by atoms with Gasteiger partial charge in [-0.1, -0.05) is 12.8 Å². The molecular formula is C14H16N2O4. The number of furan rings is 1. The lowest BCUT2D eigenvalue weighted by Gasteiger charge is -2.24. The van der Waals surface area contributed by atoms with Crippen molar-refractivity contribution in [2.45, 2.75) is 38.5 Å². The van der Waals surface area contributed by atoms with Gasteiger partial charge in [-0.25, -0.2) is 0 Å². The second-order valence-electron chi connectivity index (χ2n) is 5.47. The van der Waals surface area contributed by atoms with E-state index < -0.39 is 5.97 Å². The molecule has 0 saturated heterocycles. The number of nitrogens with zero attached hydrogens (tertiary/aromatic N) is 2. The molecule has 6 heteroatoms. The van der Waals surface area contributed by atoms with Crippen molar-refractivity contribution in [3.8, 4) is 11.5 Å². The molecule has 2 aromatic rings. The van der Waals surface area contributed by atoms with Crippen LogP contribution in [-0.4, -0.2) is 21.3 Å². The molecule has 0 bridgehead atoms. The highest BCUT2D eigenvalue weighted by atomic mass is 16.4. The lowest BCUT2D eigenvalue weighted by Crippen LogP contribution is -2.23. The van der Waals surface area contributed by atoms with Gasteiger partial charge >= 0.3 is 5.97 Å². The quantitative estimate of drug-likeness (QED) is 0.903. The first kappa shape index (κ1) is 12.9. The van der Waals surface area contributed by atoms with Crippen LogP contribution in [0.4, 0.5) is 0 Å². The van der Waals surface area contributed by atoms with Crippen molar-refractivity contribution in [3.63, 3.8) is 0 Å². The molecule has 3 rings (SSSR count). The first-order valence-electron chi connectivity index (χ1n) is 6.74. The highest BCUT2D eigenvalue weighted by molar-refractivity contribution is 5.67. The normalized spacial score (nSPS) is 17.4. The minimum atomic E-state index is -0.763. The molecule has 106 valence electrons. The van der Waals surface area contributed by atoms with Crippen LogP contribution >= 0.6 is 0 Å². The van der Waals surface area contributed by atoms with E-state index in [-0.39, 0.29) is 11.8 Å². The van der Waals surface area contributed by atoms with Crippen LogP contribution in [-0.2, 0) is 11.2 Å². The summed E-state index contributed by atoms with van der Waals surface area (Å²) < 4.78 is 10.6. The smallest absolute Gasteiger partial charge is 0.303 e. The van der Waals surface area contributed by atoms with Gasteiger partial charge in [-0.3, -0.25) is 4.79 Å². The minimum absolute atomic E-state index is 0.163. The number of carboxylic acid groups (broad SMARTS) is 1. The third kappa shape index (κ3) is 2.59. The summed E-state index contributed by atoms with van der Waals surface area (Å²) in [5.74, 6) is 0.156. The standard InChI is InChI=1S/C14H16N2O4/c17-12(18)8-14(4-1-2-5-14)7-11-15-16-13(20-11)10-3-6-19-9-10/h3,6,9H,1-2,4-5,7-8H2,(H,17,18). The molecule has 0 aromatic carbocycles. The van der Waals surface area contributed by atoms with Gasteiger partial charge in [0.25, 0.3) is 5.89 Å². The number of hydrogen-bond acceptors (Lipinski definition) is 5. The average molecular weight is 276 g/mol. The maximum atomic E-state index is 11.1. The Labute approximate surface area is 115 Å². The number of rotatable bonds is 5. The molecule has 1 fully saturated rings. The van der Waals surface area contributed by atoms with Crippen LogP contribution < -0.4 is 0 Å². The van der Waals surface area contributed by atoms with Gasteiger partial charge in [0.2, 0.25) is 5.89 Å². The predicted molar refractivity (Wildman–Crippen MR) is 68.9 cm³/mol. The molecule has 0 unspecified atom stereocenters. The molecule has 2 aromatic heterocycles. The van der Waals surface area contributed by atoms with Crippen molar-refractivity contribution < 1.29 is 18.7 Å². The number of aromatic nitrogens is 2. The molecule has 2 heterocycles. The number of carbonyl (C=O) groups is 1. The van der Waals surface area contributed by atoms with Crippen LogP contribution in [0.5, 0.6) is 0 Å². The zero-order valence-corrected chi connectivity index (χ0v) is 11.0. The van der Waals surface area contributed by atoms with Gasteiger partial charge in [-0.05, 0) is 24.3 Å². The van der Waals surface area contributed by atoms with Crippen molar-refractivity contribution in [1.29, 1.82) is 0 Å². The lowest BCUT2D eigenvalue weighted by molar-refractivity contribution is -0.139. The molecular weight excluding hydrogens is 260 g/mol. The largest absolute Gasteiger partial charge is 0.481 e. The molecule has 6 nitrogen and oxygen atoms in total. The van der Waals surface area contributed by atoms with Crippen LogP contribution in [0.25, 0.3) is 11.5 Å². The second-order valence-corrected chi connectivity index (χ2v) is 5.47. The van der Waals surface area contributed by atoms with Crippen LogP contribution in [0.2, 0.25) is 0 Å². The number of carboxylic acids is 1. The molecule has 1 aliphatic carbocycles. The van der Waals surface area contributed by atoms with E-state index in [1.165, 1.54) is 0 Å². The zero-order valence-electron chi connectivity index (χ0n) is 11.0. The van der Waals surface area contributed by atoms with Crippen LogP contribution in [0.3, 0.4) is 0 Å². The Morgan fingerprint density at radius 3 is 2.80 bits per heavy atom. The van der Waals surface area contributed by atoms with Gasteiger partial charge in [-0.15, -0.1) is 10.2 Å². The highest BCUT2D eigenvalue weighted by Gasteiger charge is 2.37. The first-order chi connectivity index (χ1) is 9.67. The van der Waals surface area contributed by atoms with Crippen molar-refractivity contribution >= 4 is 5.97 Å². The molecule has 1 saturated carbocycles. The summed E-state index contributed by atoms with van der Waals surface area (Å²) in [6, 6.07) is 1.75. The summed E-state index contributed by atoms with van der Waals surface area (Å²) >= 11 is 0. The first-order valence-corrected chi connectivity index (χ1v) is 6.74. The van der Waals surface area contributed by atoms with Gasteiger partial charge in [0.15, 0.2) is 0 Å². The third-order valence-corrected chi connectivity index (χ3v) is 3.95. The summed E-state index contributed by atoms with van der Waals surface area (Å²) in [7, 11) is 0. The fourth-order valence-electron chi connectivity index (χ4n) is 3.01. The van der Waals surface area contributed by atoms with E-state index in [0.29, 0.717) is 18.2 Å². The lowest BCUT2D eigenvalue weighted by atomic mass is 9.79. The van der Waals surface area contributed by atoms with Crippen LogP contribution in [0.1, 0.15) is 38.0 Å². The van der Waals surface area contributed by atoms with Crippen molar-refractivity contribution in [3.05, 3.63) is 24.5 Å². The van der Waals surface area contributed by atoms with Gasteiger partial charge in [0, 0.05) is 6.42 Å². The Hall–Kier alpha value is -2.11. The average Bonchev–Trinajstić information content (AvgIpc) is 3.08. The fraction of sp³-hybridized carbons (Fsp3) is 0.500. The van der Waals surface area contributed by atoms with E-state index in [1.807, 2.05) is 0 Å². The van der Waals surface area contributed by atoms with E-state index >= 15 is 0 Å². The Morgan fingerprint density at radius 2 is 2.15 bits per heavy atom. The van der Waals surface area contributed by atoms with E-state index in [2.05, 4.69) is 10.2 Å². The van der Waals surface area contributed by atoms with Gasteiger partial charge < -0.3 is 13.9 Å². The SMILES string of the molecule is O=C(O)CC1(Cc2nnc(-c3ccoc3)o2)CCCC1. The summed E-state index contributed by atoms with van der Waals surface area (Å²) in [4.78, 5) is 11.1. The molecule has 0 aliphatic heterocycles. The highest BCUT2D eigenvalue weighted by Crippen LogP contribution is 2.43. The molecule has 1 aliphatic rings. The van der Waals surface area contributed by atoms with Crippen molar-refractivity contribution in [2.24, 2.45) is 5.41 Å². The molecule has 0 spiro atoms. The molecule has 0 atom stereocenters. The monoisotopic (exact) mass is 276 g/mol. The molecule has 0 amide bonds. The molecule has 0 radical (unpaired) electrons. The van der Waals surface area contributed by atoms with Gasteiger partial charge in [0.1, 0.15) is 6.26 Å². The zero-order chi connectivity index (χ0) is 14.0. The van der Waals surface area contributed by atoms with Gasteiger partial charge in [0.05, 0.1) is 18.2 Å². The molecule has 20 heavy (non-hydrogen) atoms. The maximum Gasteiger partial charge on any atom is 0.303 e. The Bertz CT molecular complexity index is 582. The topological polar surface area (TPSA) is 89.4 Å². The summed E-state index contributed by atoms with van der Waals surface area (Å²) in [5, 5.41) is 17.1.